The second kappa shape index (κ2) is 17.2. The van der Waals surface area contributed by atoms with Gasteiger partial charge in [0.15, 0.2) is 0 Å². The fourth-order valence-corrected chi connectivity index (χ4v) is 4.38. The molecule has 5 aromatic rings. The van der Waals surface area contributed by atoms with Gasteiger partial charge < -0.3 is 28.7 Å². The van der Waals surface area contributed by atoms with E-state index in [1.165, 1.54) is 43.5 Å². The zero-order valence-electron chi connectivity index (χ0n) is 27.8. The molecule has 0 bridgehead atoms. The molecule has 0 aliphatic carbocycles. The van der Waals surface area contributed by atoms with Gasteiger partial charge in [-0.05, 0) is 50.2 Å². The third-order valence-corrected chi connectivity index (χ3v) is 6.61. The number of halogens is 6. The lowest BCUT2D eigenvalue weighted by Gasteiger charge is -2.11. The van der Waals surface area contributed by atoms with Crippen LogP contribution in [-0.4, -0.2) is 57.2 Å². The Kier molecular flexibility index (Phi) is 12.7. The van der Waals surface area contributed by atoms with Gasteiger partial charge in [0.1, 0.15) is 29.1 Å². The monoisotopic (exact) mass is 764 g/mol. The van der Waals surface area contributed by atoms with Crippen LogP contribution in [0, 0.1) is 10.1 Å². The number of ketones is 1. The van der Waals surface area contributed by atoms with E-state index in [2.05, 4.69) is 24.4 Å². The van der Waals surface area contributed by atoms with E-state index >= 15 is 0 Å². The van der Waals surface area contributed by atoms with E-state index in [1.54, 1.807) is 13.0 Å². The Hall–Kier alpha value is -6.73. The fourth-order valence-electron chi connectivity index (χ4n) is 4.38. The summed E-state index contributed by atoms with van der Waals surface area (Å²) < 4.78 is 99.0. The molecule has 0 amide bonds. The van der Waals surface area contributed by atoms with Crippen LogP contribution in [0.4, 0.5) is 32.0 Å². The largest absolute Gasteiger partial charge is 0.573 e. The van der Waals surface area contributed by atoms with Gasteiger partial charge in [0.05, 0.1) is 41.8 Å². The number of ether oxygens (including phenoxy) is 5. The van der Waals surface area contributed by atoms with E-state index in [9.17, 15) is 50.8 Å². The number of benzene rings is 2. The number of nitrogens with one attached hydrogen (secondary N) is 1. The maximum Gasteiger partial charge on any atom is 0.573 e. The number of aromatic amines is 1. The highest BCUT2D eigenvalue weighted by molar-refractivity contribution is 6.34. The van der Waals surface area contributed by atoms with Crippen LogP contribution in [0.25, 0.3) is 10.9 Å². The lowest BCUT2D eigenvalue weighted by atomic mass is 10.1. The third kappa shape index (κ3) is 11.4. The summed E-state index contributed by atoms with van der Waals surface area (Å²) >= 11 is 0. The lowest BCUT2D eigenvalue weighted by Crippen LogP contribution is -2.20. The molecule has 0 atom stereocenters. The molecule has 3 heterocycles. The van der Waals surface area contributed by atoms with Crippen molar-refractivity contribution in [3.63, 3.8) is 0 Å². The molecule has 0 fully saturated rings. The zero-order valence-corrected chi connectivity index (χ0v) is 27.8. The number of H-pyrrole nitrogens is 1. The Morgan fingerprint density at radius 1 is 0.796 bits per heavy atom. The van der Waals surface area contributed by atoms with E-state index < -0.39 is 58.6 Å². The standard InChI is InChI=1S/C17H13F3N2O7.C17H13F3N2O3/c1-2-27-16(24)14(23)6-10-7-15(21-9-13(10)22(25)26)28-11-4-3-5-12(8-11)29-17(18,19)20;1-2-24-16(23)13-6-10-7-15(21-9-14(10)22-13)25-12-5-3-4-11(8-12)17(18,19)20/h3-5,7-9H,2,6H2,1H3;3-9,22H,2H2,1H3. The summed E-state index contributed by atoms with van der Waals surface area (Å²) in [6, 6.07) is 13.1. The minimum atomic E-state index is -4.90. The molecule has 0 radical (unpaired) electrons. The van der Waals surface area contributed by atoms with Crippen LogP contribution in [-0.2, 0) is 31.7 Å². The second-order valence-electron chi connectivity index (χ2n) is 10.5. The van der Waals surface area contributed by atoms with Gasteiger partial charge in [-0.1, -0.05) is 12.1 Å². The average molecular weight is 765 g/mol. The van der Waals surface area contributed by atoms with E-state index in [1.807, 2.05) is 0 Å². The fraction of sp³-hybridized carbons (Fsp3) is 0.206. The summed E-state index contributed by atoms with van der Waals surface area (Å²) in [5.41, 5.74) is -0.684. The number of nitrogens with zero attached hydrogens (tertiary/aromatic N) is 3. The first kappa shape index (κ1) is 40.0. The number of alkyl halides is 6. The summed E-state index contributed by atoms with van der Waals surface area (Å²) in [6.07, 6.45) is -7.76. The Morgan fingerprint density at radius 2 is 1.41 bits per heavy atom. The van der Waals surface area contributed by atoms with Crippen LogP contribution in [0.2, 0.25) is 0 Å². The van der Waals surface area contributed by atoms with Crippen molar-refractivity contribution < 1.29 is 69.3 Å². The predicted octanol–water partition coefficient (Wildman–Crippen LogP) is 7.91. The van der Waals surface area contributed by atoms with Crippen molar-refractivity contribution in [1.29, 1.82) is 0 Å². The number of rotatable bonds is 12. The number of esters is 2. The van der Waals surface area contributed by atoms with Crippen molar-refractivity contribution in [2.75, 3.05) is 13.2 Å². The maximum absolute atomic E-state index is 12.7. The molecule has 0 saturated heterocycles. The highest BCUT2D eigenvalue weighted by Crippen LogP contribution is 2.33. The minimum Gasteiger partial charge on any atom is -0.461 e. The topological polar surface area (TPSA) is 182 Å². The number of hydrogen-bond donors (Lipinski definition) is 1. The number of aromatic nitrogens is 3. The number of carbonyl (C=O) groups excluding carboxylic acids is 3. The molecule has 0 aliphatic rings. The molecule has 14 nitrogen and oxygen atoms in total. The Bertz CT molecular complexity index is 2150. The summed E-state index contributed by atoms with van der Waals surface area (Å²) in [6.45, 7) is 3.38. The molecule has 2 aromatic carbocycles. The van der Waals surface area contributed by atoms with Crippen molar-refractivity contribution in [3.8, 4) is 29.0 Å². The van der Waals surface area contributed by atoms with Crippen LogP contribution in [0.15, 0.2) is 79.1 Å². The highest BCUT2D eigenvalue weighted by Gasteiger charge is 2.32. The summed E-state index contributed by atoms with van der Waals surface area (Å²) in [5.74, 6) is -3.44. The molecule has 0 saturated carbocycles. The van der Waals surface area contributed by atoms with Crippen LogP contribution >= 0.6 is 0 Å². The second-order valence-corrected chi connectivity index (χ2v) is 10.5. The first-order valence-corrected chi connectivity index (χ1v) is 15.3. The third-order valence-electron chi connectivity index (χ3n) is 6.61. The molecule has 284 valence electrons. The number of nitro groups is 1. The van der Waals surface area contributed by atoms with Gasteiger partial charge in [0, 0.05) is 29.1 Å². The molecule has 0 spiro atoms. The number of pyridine rings is 2. The summed E-state index contributed by atoms with van der Waals surface area (Å²) in [5, 5.41) is 11.7. The quantitative estimate of drug-likeness (QED) is 0.0427. The molecule has 20 heteroatoms. The molecule has 5 rings (SSSR count). The van der Waals surface area contributed by atoms with Crippen molar-refractivity contribution in [2.24, 2.45) is 0 Å². The molecule has 54 heavy (non-hydrogen) atoms. The van der Waals surface area contributed by atoms with E-state index in [-0.39, 0.29) is 47.7 Å². The van der Waals surface area contributed by atoms with E-state index in [0.29, 0.717) is 10.9 Å². The smallest absolute Gasteiger partial charge is 0.461 e. The minimum absolute atomic E-state index is 0.0165. The van der Waals surface area contributed by atoms with Crippen molar-refractivity contribution in [1.82, 2.24) is 15.0 Å². The molecule has 0 aliphatic heterocycles. The highest BCUT2D eigenvalue weighted by atomic mass is 19.4. The van der Waals surface area contributed by atoms with E-state index in [0.717, 1.165) is 36.5 Å². The van der Waals surface area contributed by atoms with Crippen LogP contribution in [0.3, 0.4) is 0 Å². The summed E-state index contributed by atoms with van der Waals surface area (Å²) in [7, 11) is 0. The Morgan fingerprint density at radius 3 is 2.04 bits per heavy atom. The zero-order chi connectivity index (χ0) is 39.6. The van der Waals surface area contributed by atoms with E-state index in [4.69, 9.17) is 14.2 Å². The van der Waals surface area contributed by atoms with Gasteiger partial charge in [0.25, 0.3) is 5.69 Å². The van der Waals surface area contributed by atoms with Gasteiger partial charge in [-0.15, -0.1) is 13.2 Å². The number of fused-ring (bicyclic) bond motifs is 1. The van der Waals surface area contributed by atoms with Gasteiger partial charge >= 0.3 is 24.5 Å². The predicted molar refractivity (Wildman–Crippen MR) is 173 cm³/mol. The molecular formula is C34H26F6N4O10. The van der Waals surface area contributed by atoms with Crippen molar-refractivity contribution in [3.05, 3.63) is 106 Å². The Balaban J connectivity index is 0.000000243. The number of carbonyl (C=O) groups is 3. The van der Waals surface area contributed by atoms with Crippen LogP contribution < -0.4 is 14.2 Å². The maximum atomic E-state index is 12.7. The number of Topliss-reactive ketones (excluding diaryl/α,β-unsaturated/α-hetero) is 1. The normalized spacial score (nSPS) is 11.2. The lowest BCUT2D eigenvalue weighted by molar-refractivity contribution is -0.385. The Labute approximate surface area is 299 Å². The van der Waals surface area contributed by atoms with Gasteiger partial charge in [-0.3, -0.25) is 14.9 Å². The first-order valence-electron chi connectivity index (χ1n) is 15.3. The van der Waals surface area contributed by atoms with Crippen LogP contribution in [0.1, 0.15) is 35.5 Å². The SMILES string of the molecule is CCOC(=O)C(=O)Cc1cc(Oc2cccc(OC(F)(F)F)c2)ncc1[N+](=O)[O-].CCOC(=O)c1cc2cc(Oc3cccc(C(F)(F)F)c3)ncc2[nH]1. The van der Waals surface area contributed by atoms with Gasteiger partial charge in [-0.2, -0.15) is 13.2 Å². The molecular weight excluding hydrogens is 738 g/mol. The summed E-state index contributed by atoms with van der Waals surface area (Å²) in [4.78, 5) is 55.9. The van der Waals surface area contributed by atoms with Crippen LogP contribution in [0.5, 0.6) is 29.0 Å². The first-order chi connectivity index (χ1) is 25.4. The molecule has 1 N–H and O–H groups in total. The number of hydrogen-bond acceptors (Lipinski definition) is 12. The average Bonchev–Trinajstić information content (AvgIpc) is 3.52. The molecule has 3 aromatic heterocycles. The van der Waals surface area contributed by atoms with Gasteiger partial charge in [-0.25, -0.2) is 19.6 Å². The van der Waals surface area contributed by atoms with Crippen molar-refractivity contribution in [2.45, 2.75) is 32.8 Å². The van der Waals surface area contributed by atoms with Gasteiger partial charge in [0.2, 0.25) is 17.5 Å². The molecule has 0 unspecified atom stereocenters. The van der Waals surface area contributed by atoms with Crippen molar-refractivity contribution >= 4 is 34.3 Å².